The number of aromatic nitrogens is 3. The molecule has 0 N–H and O–H groups in total. The van der Waals surface area contributed by atoms with Gasteiger partial charge in [0.25, 0.3) is 0 Å². The van der Waals surface area contributed by atoms with Crippen molar-refractivity contribution < 1.29 is 0 Å². The number of hydrogen-bond acceptors (Lipinski definition) is 2. The fourth-order valence-corrected chi connectivity index (χ4v) is 9.09. The van der Waals surface area contributed by atoms with Crippen LogP contribution in [0, 0.1) is 0 Å². The SMILES string of the molecule is c1ccc(-n2c3ccccc3c3cc(-c4ccc5cc(-c6ccc(-c7cccc(-c8cnc9c%10ccccc%10c%10ccccc%10c9n8)c7)cc6)ccc5c4)ccc32)cc1. The predicted molar refractivity (Wildman–Crippen MR) is 248 cm³/mol. The van der Waals surface area contributed by atoms with E-state index < -0.39 is 0 Å². The van der Waals surface area contributed by atoms with Crippen molar-refractivity contribution in [2.45, 2.75) is 0 Å². The average Bonchev–Trinajstić information content (AvgIpc) is 3.65. The number of fused-ring (bicyclic) bond motifs is 10. The molecule has 0 atom stereocenters. The predicted octanol–water partition coefficient (Wildman–Crippen LogP) is 14.9. The third-order valence-electron chi connectivity index (χ3n) is 12.0. The molecule has 0 aliphatic carbocycles. The highest BCUT2D eigenvalue weighted by atomic mass is 15.0. The van der Waals surface area contributed by atoms with Crippen LogP contribution in [0.25, 0.3) is 115 Å². The minimum Gasteiger partial charge on any atom is -0.309 e. The molecular weight excluding hydrogens is 715 g/mol. The van der Waals surface area contributed by atoms with Crippen LogP contribution in [0.1, 0.15) is 0 Å². The lowest BCUT2D eigenvalue weighted by atomic mass is 9.95. The first-order chi connectivity index (χ1) is 29.2. The van der Waals surface area contributed by atoms with E-state index in [1.54, 1.807) is 0 Å². The van der Waals surface area contributed by atoms with Crippen molar-refractivity contribution in [3.8, 4) is 50.3 Å². The third kappa shape index (κ3) is 5.51. The average molecular weight is 750 g/mol. The van der Waals surface area contributed by atoms with Gasteiger partial charge in [-0.2, -0.15) is 0 Å². The second kappa shape index (κ2) is 13.4. The molecule has 0 aliphatic heterocycles. The quantitative estimate of drug-likeness (QED) is 0.164. The van der Waals surface area contributed by atoms with Gasteiger partial charge in [-0.3, -0.25) is 4.98 Å². The molecule has 3 heteroatoms. The van der Waals surface area contributed by atoms with Crippen LogP contribution in [-0.4, -0.2) is 14.5 Å². The van der Waals surface area contributed by atoms with Gasteiger partial charge in [0.1, 0.15) is 0 Å². The van der Waals surface area contributed by atoms with Gasteiger partial charge in [-0.25, -0.2) is 4.98 Å². The van der Waals surface area contributed by atoms with Crippen LogP contribution in [0.2, 0.25) is 0 Å². The van der Waals surface area contributed by atoms with Gasteiger partial charge in [-0.1, -0.05) is 158 Å². The Kier molecular flexibility index (Phi) is 7.54. The van der Waals surface area contributed by atoms with E-state index in [2.05, 4.69) is 211 Å². The lowest BCUT2D eigenvalue weighted by Crippen LogP contribution is -1.92. The molecule has 0 spiro atoms. The van der Waals surface area contributed by atoms with Gasteiger partial charge in [-0.05, 0) is 103 Å². The van der Waals surface area contributed by atoms with Crippen LogP contribution in [-0.2, 0) is 0 Å². The molecule has 12 aromatic rings. The van der Waals surface area contributed by atoms with E-state index in [1.165, 1.54) is 71.3 Å². The van der Waals surface area contributed by atoms with Gasteiger partial charge in [0, 0.05) is 32.8 Å². The van der Waals surface area contributed by atoms with Crippen LogP contribution in [0.5, 0.6) is 0 Å². The Morgan fingerprint density at radius 1 is 0.305 bits per heavy atom. The summed E-state index contributed by atoms with van der Waals surface area (Å²) < 4.78 is 2.37. The van der Waals surface area contributed by atoms with Gasteiger partial charge in [0.2, 0.25) is 0 Å². The van der Waals surface area contributed by atoms with Gasteiger partial charge in [-0.15, -0.1) is 0 Å². The molecule has 0 unspecified atom stereocenters. The number of rotatable bonds is 5. The number of hydrogen-bond donors (Lipinski definition) is 0. The van der Waals surface area contributed by atoms with Gasteiger partial charge in [0.15, 0.2) is 0 Å². The van der Waals surface area contributed by atoms with Gasteiger partial charge >= 0.3 is 0 Å². The molecule has 0 saturated heterocycles. The van der Waals surface area contributed by atoms with Crippen LogP contribution in [0.4, 0.5) is 0 Å². The second-order valence-corrected chi connectivity index (χ2v) is 15.4. The van der Waals surface area contributed by atoms with Crippen LogP contribution in [0.15, 0.2) is 212 Å². The molecule has 0 amide bonds. The molecule has 0 aliphatic rings. The summed E-state index contributed by atoms with van der Waals surface area (Å²) in [5, 5.41) is 9.63. The van der Waals surface area contributed by atoms with E-state index >= 15 is 0 Å². The molecule has 0 radical (unpaired) electrons. The Bertz CT molecular complexity index is 3570. The molecular formula is C56H35N3. The number of benzene rings is 10. The van der Waals surface area contributed by atoms with Crippen molar-refractivity contribution in [1.82, 2.24) is 14.5 Å². The smallest absolute Gasteiger partial charge is 0.0979 e. The normalized spacial score (nSPS) is 11.7. The van der Waals surface area contributed by atoms with E-state index in [1.807, 2.05) is 6.20 Å². The Morgan fingerprint density at radius 2 is 0.814 bits per heavy atom. The monoisotopic (exact) mass is 749 g/mol. The first kappa shape index (κ1) is 33.3. The largest absolute Gasteiger partial charge is 0.309 e. The minimum absolute atomic E-state index is 0.868. The maximum absolute atomic E-state index is 5.23. The molecule has 12 rings (SSSR count). The maximum Gasteiger partial charge on any atom is 0.0979 e. The van der Waals surface area contributed by atoms with E-state index in [9.17, 15) is 0 Å². The minimum atomic E-state index is 0.868. The van der Waals surface area contributed by atoms with E-state index in [-0.39, 0.29) is 0 Å². The Balaban J connectivity index is 0.840. The summed E-state index contributed by atoms with van der Waals surface area (Å²) in [6.45, 7) is 0. The number of para-hydroxylation sites is 2. The van der Waals surface area contributed by atoms with Gasteiger partial charge < -0.3 is 4.57 Å². The molecule has 10 aromatic carbocycles. The number of nitrogens with zero attached hydrogens (tertiary/aromatic N) is 3. The zero-order valence-electron chi connectivity index (χ0n) is 32.0. The second-order valence-electron chi connectivity index (χ2n) is 15.4. The van der Waals surface area contributed by atoms with Gasteiger partial charge in [0.05, 0.1) is 34.0 Å². The molecule has 2 aromatic heterocycles. The van der Waals surface area contributed by atoms with Crippen molar-refractivity contribution in [3.05, 3.63) is 212 Å². The zero-order valence-corrected chi connectivity index (χ0v) is 32.0. The summed E-state index contributed by atoms with van der Waals surface area (Å²) in [6.07, 6.45) is 1.92. The first-order valence-corrected chi connectivity index (χ1v) is 20.1. The molecule has 0 fully saturated rings. The summed E-state index contributed by atoms with van der Waals surface area (Å²) >= 11 is 0. The molecule has 2 heterocycles. The summed E-state index contributed by atoms with van der Waals surface area (Å²) in [5.41, 5.74) is 14.5. The highest BCUT2D eigenvalue weighted by molar-refractivity contribution is 6.23. The molecule has 274 valence electrons. The lowest BCUT2D eigenvalue weighted by Gasteiger charge is -2.11. The molecule has 0 bridgehead atoms. The summed E-state index contributed by atoms with van der Waals surface area (Å²) in [6, 6.07) is 74.3. The Hall–Kier alpha value is -7.88. The summed E-state index contributed by atoms with van der Waals surface area (Å²) in [4.78, 5) is 10.2. The van der Waals surface area contributed by atoms with Crippen molar-refractivity contribution in [2.75, 3.05) is 0 Å². The molecule has 59 heavy (non-hydrogen) atoms. The van der Waals surface area contributed by atoms with Crippen molar-refractivity contribution >= 4 is 65.2 Å². The highest BCUT2D eigenvalue weighted by Crippen LogP contribution is 2.38. The van der Waals surface area contributed by atoms with Crippen molar-refractivity contribution in [2.24, 2.45) is 0 Å². The molecule has 3 nitrogen and oxygen atoms in total. The first-order valence-electron chi connectivity index (χ1n) is 20.1. The van der Waals surface area contributed by atoms with E-state index in [0.29, 0.717) is 0 Å². The van der Waals surface area contributed by atoms with E-state index in [4.69, 9.17) is 9.97 Å². The summed E-state index contributed by atoms with van der Waals surface area (Å²) in [5.74, 6) is 0. The van der Waals surface area contributed by atoms with Crippen LogP contribution >= 0.6 is 0 Å². The maximum atomic E-state index is 5.23. The standard InChI is InChI=1S/C56H35N3/c1-2-13-45(14-3-1)59-53-20-9-8-17-48(53)51-34-43(29-30-54(51)59)42-28-27-40-31-39(25-26-41(40)32-42)37-23-21-36(22-24-37)38-11-10-12-44(33-38)52-35-57-55-49-18-6-4-15-46(49)47-16-5-7-19-50(47)56(55)58-52/h1-35H. The van der Waals surface area contributed by atoms with Crippen molar-refractivity contribution in [1.29, 1.82) is 0 Å². The highest BCUT2D eigenvalue weighted by Gasteiger charge is 2.15. The zero-order chi connectivity index (χ0) is 38.9. The van der Waals surface area contributed by atoms with Crippen LogP contribution < -0.4 is 0 Å². The Morgan fingerprint density at radius 3 is 1.53 bits per heavy atom. The fourth-order valence-electron chi connectivity index (χ4n) is 9.09. The third-order valence-corrected chi connectivity index (χ3v) is 12.0. The lowest BCUT2D eigenvalue weighted by molar-refractivity contribution is 1.18. The Labute approximate surface area is 341 Å². The summed E-state index contributed by atoms with van der Waals surface area (Å²) in [7, 11) is 0. The fraction of sp³-hybridized carbons (Fsp3) is 0. The van der Waals surface area contributed by atoms with E-state index in [0.717, 1.165) is 44.2 Å². The van der Waals surface area contributed by atoms with Crippen LogP contribution in [0.3, 0.4) is 0 Å². The van der Waals surface area contributed by atoms with Crippen molar-refractivity contribution in [3.63, 3.8) is 0 Å². The topological polar surface area (TPSA) is 30.7 Å². The molecule has 0 saturated carbocycles.